The molecule has 0 radical (unpaired) electrons. The van der Waals surface area contributed by atoms with Crippen molar-refractivity contribution in [3.63, 3.8) is 0 Å². The zero-order valence-corrected chi connectivity index (χ0v) is 12.3. The van der Waals surface area contributed by atoms with E-state index in [0.717, 1.165) is 5.82 Å². The normalized spacial score (nSPS) is 19.9. The van der Waals surface area contributed by atoms with E-state index in [2.05, 4.69) is 45.4 Å². The summed E-state index contributed by atoms with van der Waals surface area (Å²) < 4.78 is 2.47. The number of aromatic nitrogens is 3. The van der Waals surface area contributed by atoms with Gasteiger partial charge in [0.25, 0.3) is 0 Å². The van der Waals surface area contributed by atoms with E-state index in [9.17, 15) is 0 Å². The van der Waals surface area contributed by atoms with Crippen LogP contribution in [0, 0.1) is 0 Å². The zero-order chi connectivity index (χ0) is 13.0. The molecule has 2 fully saturated rings. The van der Waals surface area contributed by atoms with Crippen LogP contribution < -0.4 is 0 Å². The number of thiophene rings is 1. The molecule has 0 atom stereocenters. The van der Waals surface area contributed by atoms with E-state index in [-0.39, 0.29) is 5.41 Å². The topological polar surface area (TPSA) is 30.7 Å². The first-order valence-electron chi connectivity index (χ1n) is 7.16. The summed E-state index contributed by atoms with van der Waals surface area (Å²) in [4.78, 5) is 0. The van der Waals surface area contributed by atoms with Crippen LogP contribution in [0.2, 0.25) is 0 Å². The van der Waals surface area contributed by atoms with Gasteiger partial charge in [-0.3, -0.25) is 0 Å². The Morgan fingerprint density at radius 3 is 2.58 bits per heavy atom. The Morgan fingerprint density at radius 2 is 2.00 bits per heavy atom. The summed E-state index contributed by atoms with van der Waals surface area (Å²) in [7, 11) is 0. The van der Waals surface area contributed by atoms with Crippen molar-refractivity contribution in [2.75, 3.05) is 0 Å². The largest absolute Gasteiger partial charge is 0.311 e. The van der Waals surface area contributed by atoms with Crippen molar-refractivity contribution < 1.29 is 0 Å². The molecule has 0 N–H and O–H groups in total. The summed E-state index contributed by atoms with van der Waals surface area (Å²) in [6.45, 7) is 4.54. The van der Waals surface area contributed by atoms with E-state index in [1.165, 1.54) is 37.1 Å². The SMILES string of the molecule is CC(C)(c1ccsc1)c1nnc(C2CC2)n1C1CC1. The molecule has 19 heavy (non-hydrogen) atoms. The lowest BCUT2D eigenvalue weighted by molar-refractivity contribution is 0.527. The van der Waals surface area contributed by atoms with Crippen molar-refractivity contribution in [3.8, 4) is 0 Å². The lowest BCUT2D eigenvalue weighted by Crippen LogP contribution is -2.24. The van der Waals surface area contributed by atoms with Gasteiger partial charge in [0, 0.05) is 12.0 Å². The quantitative estimate of drug-likeness (QED) is 0.846. The molecule has 0 aliphatic heterocycles. The molecule has 2 heterocycles. The van der Waals surface area contributed by atoms with Crippen molar-refractivity contribution in [2.45, 2.75) is 56.9 Å². The maximum atomic E-state index is 4.58. The molecule has 0 spiro atoms. The monoisotopic (exact) mass is 273 g/mol. The Hall–Kier alpha value is -1.16. The molecule has 2 saturated carbocycles. The third kappa shape index (κ3) is 1.84. The van der Waals surface area contributed by atoms with Crippen LogP contribution in [0.15, 0.2) is 16.8 Å². The van der Waals surface area contributed by atoms with Gasteiger partial charge in [0.1, 0.15) is 11.6 Å². The molecule has 2 aliphatic rings. The molecule has 0 aromatic carbocycles. The maximum Gasteiger partial charge on any atom is 0.143 e. The summed E-state index contributed by atoms with van der Waals surface area (Å²) in [5.74, 6) is 3.09. The summed E-state index contributed by atoms with van der Waals surface area (Å²) in [5, 5.41) is 13.5. The van der Waals surface area contributed by atoms with Crippen LogP contribution in [-0.2, 0) is 5.41 Å². The van der Waals surface area contributed by atoms with Gasteiger partial charge in [0.15, 0.2) is 0 Å². The molecule has 2 aromatic rings. The Balaban J connectivity index is 1.82. The van der Waals surface area contributed by atoms with E-state index in [1.807, 2.05) is 0 Å². The number of rotatable bonds is 4. The Morgan fingerprint density at radius 1 is 1.21 bits per heavy atom. The lowest BCUT2D eigenvalue weighted by Gasteiger charge is -2.24. The van der Waals surface area contributed by atoms with Gasteiger partial charge in [-0.2, -0.15) is 11.3 Å². The van der Waals surface area contributed by atoms with Gasteiger partial charge in [-0.05, 0) is 61.9 Å². The summed E-state index contributed by atoms with van der Waals surface area (Å²) in [5.41, 5.74) is 1.32. The first-order valence-corrected chi connectivity index (χ1v) is 8.10. The smallest absolute Gasteiger partial charge is 0.143 e. The van der Waals surface area contributed by atoms with E-state index >= 15 is 0 Å². The predicted molar refractivity (Wildman–Crippen MR) is 76.7 cm³/mol. The van der Waals surface area contributed by atoms with Gasteiger partial charge in [-0.25, -0.2) is 0 Å². The van der Waals surface area contributed by atoms with E-state index in [0.29, 0.717) is 12.0 Å². The highest BCUT2D eigenvalue weighted by Gasteiger charge is 2.40. The van der Waals surface area contributed by atoms with Crippen LogP contribution in [0.5, 0.6) is 0 Å². The number of nitrogens with zero attached hydrogens (tertiary/aromatic N) is 3. The molecular formula is C15H19N3S. The molecular weight excluding hydrogens is 254 g/mol. The molecule has 3 nitrogen and oxygen atoms in total. The fraction of sp³-hybridized carbons (Fsp3) is 0.600. The summed E-state index contributed by atoms with van der Waals surface area (Å²) in [6.07, 6.45) is 5.18. The minimum absolute atomic E-state index is 0.0390. The average molecular weight is 273 g/mol. The summed E-state index contributed by atoms with van der Waals surface area (Å²) >= 11 is 1.76. The van der Waals surface area contributed by atoms with Gasteiger partial charge in [-0.1, -0.05) is 0 Å². The average Bonchev–Trinajstić information content (AvgIpc) is 3.31. The number of hydrogen-bond acceptors (Lipinski definition) is 3. The van der Waals surface area contributed by atoms with Crippen molar-refractivity contribution in [3.05, 3.63) is 34.0 Å². The Kier molecular flexibility index (Phi) is 2.40. The van der Waals surface area contributed by atoms with Crippen molar-refractivity contribution in [1.29, 1.82) is 0 Å². The third-order valence-electron chi connectivity index (χ3n) is 4.38. The standard InChI is InChI=1S/C15H19N3S/c1-15(2,11-7-8-19-9-11)14-17-16-13(10-3-4-10)18(14)12-5-6-12/h7-10,12H,3-6H2,1-2H3. The first-order chi connectivity index (χ1) is 9.18. The van der Waals surface area contributed by atoms with Gasteiger partial charge in [0.05, 0.1) is 5.41 Å². The van der Waals surface area contributed by atoms with E-state index < -0.39 is 0 Å². The highest BCUT2D eigenvalue weighted by molar-refractivity contribution is 7.08. The molecule has 0 bridgehead atoms. The first kappa shape index (κ1) is 11.6. The van der Waals surface area contributed by atoms with Gasteiger partial charge in [-0.15, -0.1) is 10.2 Å². The maximum absolute atomic E-state index is 4.58. The predicted octanol–water partition coefficient (Wildman–Crippen LogP) is 3.88. The molecule has 2 aromatic heterocycles. The van der Waals surface area contributed by atoms with Crippen LogP contribution in [0.4, 0.5) is 0 Å². The lowest BCUT2D eigenvalue weighted by atomic mass is 9.85. The molecule has 0 saturated heterocycles. The van der Waals surface area contributed by atoms with Gasteiger partial charge < -0.3 is 4.57 Å². The van der Waals surface area contributed by atoms with Crippen LogP contribution in [0.1, 0.15) is 68.7 Å². The molecule has 0 amide bonds. The second-order valence-electron chi connectivity index (χ2n) is 6.39. The third-order valence-corrected chi connectivity index (χ3v) is 5.06. The highest BCUT2D eigenvalue weighted by Crippen LogP contribution is 2.47. The van der Waals surface area contributed by atoms with E-state index in [1.54, 1.807) is 11.3 Å². The minimum atomic E-state index is -0.0390. The molecule has 4 heteroatoms. The van der Waals surface area contributed by atoms with Crippen LogP contribution in [0.25, 0.3) is 0 Å². The molecule has 4 rings (SSSR count). The van der Waals surface area contributed by atoms with E-state index in [4.69, 9.17) is 0 Å². The van der Waals surface area contributed by atoms with Crippen LogP contribution in [0.3, 0.4) is 0 Å². The van der Waals surface area contributed by atoms with Crippen molar-refractivity contribution in [1.82, 2.24) is 14.8 Å². The Bertz CT molecular complexity index is 589. The molecule has 0 unspecified atom stereocenters. The minimum Gasteiger partial charge on any atom is -0.311 e. The van der Waals surface area contributed by atoms with Crippen LogP contribution >= 0.6 is 11.3 Å². The van der Waals surface area contributed by atoms with Crippen molar-refractivity contribution >= 4 is 11.3 Å². The fourth-order valence-corrected chi connectivity index (χ4v) is 3.61. The van der Waals surface area contributed by atoms with Crippen molar-refractivity contribution in [2.24, 2.45) is 0 Å². The second kappa shape index (κ2) is 3.92. The second-order valence-corrected chi connectivity index (χ2v) is 7.17. The fourth-order valence-electron chi connectivity index (χ4n) is 2.79. The van der Waals surface area contributed by atoms with Gasteiger partial charge >= 0.3 is 0 Å². The highest BCUT2D eigenvalue weighted by atomic mass is 32.1. The van der Waals surface area contributed by atoms with Gasteiger partial charge in [0.2, 0.25) is 0 Å². The Labute approximate surface area is 117 Å². The summed E-state index contributed by atoms with van der Waals surface area (Å²) in [6, 6.07) is 2.88. The molecule has 100 valence electrons. The van der Waals surface area contributed by atoms with Crippen LogP contribution in [-0.4, -0.2) is 14.8 Å². The zero-order valence-electron chi connectivity index (χ0n) is 11.5. The molecule has 2 aliphatic carbocycles. The number of hydrogen-bond donors (Lipinski definition) is 0.